The first kappa shape index (κ1) is 23.0. The Bertz CT molecular complexity index is 1810. The van der Waals surface area contributed by atoms with E-state index >= 15 is 0 Å². The van der Waals surface area contributed by atoms with Crippen LogP contribution in [0.5, 0.6) is 17.4 Å². The van der Waals surface area contributed by atoms with E-state index in [4.69, 9.17) is 4.74 Å². The number of aryl methyl sites for hydroxylation is 2. The molecule has 0 atom stereocenters. The summed E-state index contributed by atoms with van der Waals surface area (Å²) in [6, 6.07) is 24.4. The molecule has 0 radical (unpaired) electrons. The van der Waals surface area contributed by atoms with Gasteiger partial charge in [0, 0.05) is 34.5 Å². The van der Waals surface area contributed by atoms with Crippen molar-refractivity contribution >= 4 is 32.7 Å². The minimum atomic E-state index is -0.0232. The number of hydrogen-bond acceptors (Lipinski definition) is 4. The van der Waals surface area contributed by atoms with E-state index in [0.717, 1.165) is 38.8 Å². The Balaban J connectivity index is 1.57. The van der Waals surface area contributed by atoms with Crippen LogP contribution in [0.15, 0.2) is 79.0 Å². The van der Waals surface area contributed by atoms with Crippen molar-refractivity contribution in [1.82, 2.24) is 14.5 Å². The molecule has 3 aromatic heterocycles. The highest BCUT2D eigenvalue weighted by Crippen LogP contribution is 2.40. The number of ether oxygens (including phenoxy) is 1. The summed E-state index contributed by atoms with van der Waals surface area (Å²) in [4.78, 5) is 9.32. The summed E-state index contributed by atoms with van der Waals surface area (Å²) in [6.07, 6.45) is 1.82. The number of pyridine rings is 2. The minimum Gasteiger partial charge on any atom is -0.505 e. The maximum atomic E-state index is 10.6. The fraction of sp³-hybridized carbons (Fsp3) is 0.188. The van der Waals surface area contributed by atoms with Gasteiger partial charge in [-0.1, -0.05) is 51.1 Å². The van der Waals surface area contributed by atoms with Gasteiger partial charge in [-0.2, -0.15) is 0 Å². The number of fused-ring (bicyclic) bond motifs is 4. The monoisotopic (exact) mass is 487 g/mol. The number of nitrogens with zero attached hydrogens (tertiary/aromatic N) is 3. The van der Waals surface area contributed by atoms with Gasteiger partial charge in [-0.3, -0.25) is 4.57 Å². The Morgan fingerprint density at radius 2 is 1.62 bits per heavy atom. The second kappa shape index (κ2) is 8.34. The highest BCUT2D eigenvalue weighted by atomic mass is 16.5. The van der Waals surface area contributed by atoms with E-state index in [1.54, 1.807) is 0 Å². The van der Waals surface area contributed by atoms with Gasteiger partial charge in [-0.25, -0.2) is 9.97 Å². The summed E-state index contributed by atoms with van der Waals surface area (Å²) in [5, 5.41) is 13.9. The van der Waals surface area contributed by atoms with Crippen molar-refractivity contribution in [3.05, 3.63) is 95.7 Å². The van der Waals surface area contributed by atoms with E-state index in [1.165, 1.54) is 10.9 Å². The third-order valence-corrected chi connectivity index (χ3v) is 7.01. The van der Waals surface area contributed by atoms with E-state index in [1.807, 2.05) is 68.6 Å². The van der Waals surface area contributed by atoms with Gasteiger partial charge in [0.05, 0.1) is 11.0 Å². The largest absolute Gasteiger partial charge is 0.505 e. The molecule has 0 amide bonds. The van der Waals surface area contributed by atoms with E-state index in [-0.39, 0.29) is 11.2 Å². The molecule has 1 N–H and O–H groups in total. The molecule has 5 heteroatoms. The first-order valence-corrected chi connectivity index (χ1v) is 12.5. The molecule has 0 spiro atoms. The SMILES string of the molecule is Cc1ccc2c(C)cc(Oc3ccc4c5c(C(C)(C)C)cccc5n(-c5ccccn5)c4c3)nc2c1O. The number of phenolic OH excluding ortho intramolecular Hbond substituents is 1. The van der Waals surface area contributed by atoms with Gasteiger partial charge < -0.3 is 9.84 Å². The predicted octanol–water partition coefficient (Wildman–Crippen LogP) is 8.14. The average Bonchev–Trinajstić information content (AvgIpc) is 3.20. The Kier molecular flexibility index (Phi) is 5.19. The standard InChI is InChI=1S/C32H29N3O2/c1-19-12-14-22-20(2)17-28(34-30(22)31(19)36)37-21-13-15-23-26(18-21)35(27-11-6-7-16-33-27)25-10-8-9-24(29(23)25)32(3,4)5/h6-18,36H,1-5H3. The molecule has 0 aliphatic heterocycles. The van der Waals surface area contributed by atoms with Crippen molar-refractivity contribution in [1.29, 1.82) is 0 Å². The van der Waals surface area contributed by atoms with Gasteiger partial charge in [0.15, 0.2) is 0 Å². The number of phenols is 1. The molecule has 0 saturated carbocycles. The van der Waals surface area contributed by atoms with Crippen LogP contribution in [0.4, 0.5) is 0 Å². The number of aromatic nitrogens is 3. The maximum Gasteiger partial charge on any atom is 0.220 e. The average molecular weight is 488 g/mol. The lowest BCUT2D eigenvalue weighted by atomic mass is 9.84. The molecule has 184 valence electrons. The molecular weight excluding hydrogens is 458 g/mol. The summed E-state index contributed by atoms with van der Waals surface area (Å²) < 4.78 is 8.49. The van der Waals surface area contributed by atoms with Crippen molar-refractivity contribution in [3.63, 3.8) is 0 Å². The Morgan fingerprint density at radius 3 is 2.38 bits per heavy atom. The van der Waals surface area contributed by atoms with E-state index in [2.05, 4.69) is 59.6 Å². The minimum absolute atomic E-state index is 0.0232. The highest BCUT2D eigenvalue weighted by molar-refractivity contribution is 6.11. The van der Waals surface area contributed by atoms with Gasteiger partial charge in [0.25, 0.3) is 0 Å². The first-order chi connectivity index (χ1) is 17.7. The van der Waals surface area contributed by atoms with Gasteiger partial charge in [0.2, 0.25) is 5.88 Å². The molecule has 37 heavy (non-hydrogen) atoms. The molecule has 5 nitrogen and oxygen atoms in total. The number of aromatic hydroxyl groups is 1. The van der Waals surface area contributed by atoms with E-state index < -0.39 is 0 Å². The van der Waals surface area contributed by atoms with Gasteiger partial charge in [-0.15, -0.1) is 0 Å². The summed E-state index contributed by atoms with van der Waals surface area (Å²) in [6.45, 7) is 10.6. The molecule has 6 aromatic rings. The molecule has 0 unspecified atom stereocenters. The number of rotatable bonds is 3. The number of hydrogen-bond donors (Lipinski definition) is 1. The van der Waals surface area contributed by atoms with Gasteiger partial charge >= 0.3 is 0 Å². The van der Waals surface area contributed by atoms with Crippen LogP contribution in [0.25, 0.3) is 38.5 Å². The van der Waals surface area contributed by atoms with Crippen LogP contribution in [-0.4, -0.2) is 19.6 Å². The van der Waals surface area contributed by atoms with Crippen molar-refractivity contribution < 1.29 is 9.84 Å². The molecule has 0 saturated heterocycles. The van der Waals surface area contributed by atoms with Crippen LogP contribution in [0.1, 0.15) is 37.5 Å². The van der Waals surface area contributed by atoms with Crippen molar-refractivity contribution in [2.24, 2.45) is 0 Å². The highest BCUT2D eigenvalue weighted by Gasteiger charge is 2.22. The second-order valence-electron chi connectivity index (χ2n) is 10.7. The Labute approximate surface area is 216 Å². The topological polar surface area (TPSA) is 60.2 Å². The fourth-order valence-electron chi connectivity index (χ4n) is 5.16. The zero-order valence-electron chi connectivity index (χ0n) is 21.7. The van der Waals surface area contributed by atoms with Crippen LogP contribution in [0.2, 0.25) is 0 Å². The predicted molar refractivity (Wildman–Crippen MR) is 150 cm³/mol. The lowest BCUT2D eigenvalue weighted by Crippen LogP contribution is -2.11. The Morgan fingerprint density at radius 1 is 0.811 bits per heavy atom. The van der Waals surface area contributed by atoms with Crippen molar-refractivity contribution in [2.45, 2.75) is 40.0 Å². The molecular formula is C32H29N3O2. The Hall–Kier alpha value is -4.38. The molecule has 0 aliphatic rings. The lowest BCUT2D eigenvalue weighted by molar-refractivity contribution is 0.459. The zero-order chi connectivity index (χ0) is 25.9. The smallest absolute Gasteiger partial charge is 0.220 e. The zero-order valence-corrected chi connectivity index (χ0v) is 21.7. The summed E-state index contributed by atoms with van der Waals surface area (Å²) >= 11 is 0. The third kappa shape index (κ3) is 3.78. The lowest BCUT2D eigenvalue weighted by Gasteiger charge is -2.20. The third-order valence-electron chi connectivity index (χ3n) is 7.01. The summed E-state index contributed by atoms with van der Waals surface area (Å²) in [5.41, 5.74) is 5.72. The number of benzene rings is 3. The fourth-order valence-corrected chi connectivity index (χ4v) is 5.16. The van der Waals surface area contributed by atoms with Crippen LogP contribution in [0, 0.1) is 13.8 Å². The van der Waals surface area contributed by atoms with Gasteiger partial charge in [-0.05, 0) is 66.3 Å². The molecule has 0 bridgehead atoms. The van der Waals surface area contributed by atoms with Crippen LogP contribution < -0.4 is 4.74 Å². The van der Waals surface area contributed by atoms with Crippen LogP contribution in [0.3, 0.4) is 0 Å². The van der Waals surface area contributed by atoms with E-state index in [9.17, 15) is 5.11 Å². The van der Waals surface area contributed by atoms with Gasteiger partial charge in [0.1, 0.15) is 22.8 Å². The van der Waals surface area contributed by atoms with Crippen LogP contribution in [-0.2, 0) is 5.41 Å². The second-order valence-corrected chi connectivity index (χ2v) is 10.7. The molecule has 0 fully saturated rings. The summed E-state index contributed by atoms with van der Waals surface area (Å²) in [7, 11) is 0. The quantitative estimate of drug-likeness (QED) is 0.274. The van der Waals surface area contributed by atoms with Crippen LogP contribution >= 0.6 is 0 Å². The van der Waals surface area contributed by atoms with Crippen molar-refractivity contribution in [2.75, 3.05) is 0 Å². The molecule has 3 heterocycles. The molecule has 6 rings (SSSR count). The normalized spacial score (nSPS) is 12.0. The van der Waals surface area contributed by atoms with E-state index in [0.29, 0.717) is 17.1 Å². The maximum absolute atomic E-state index is 10.6. The molecule has 3 aromatic carbocycles. The first-order valence-electron chi connectivity index (χ1n) is 12.5. The molecule has 0 aliphatic carbocycles. The summed E-state index contributed by atoms with van der Waals surface area (Å²) in [5.74, 6) is 2.15. The van der Waals surface area contributed by atoms with Crippen molar-refractivity contribution in [3.8, 4) is 23.2 Å².